The van der Waals surface area contributed by atoms with Crippen LogP contribution in [0.25, 0.3) is 10.8 Å². The van der Waals surface area contributed by atoms with Crippen LogP contribution in [0.4, 0.5) is 15.8 Å². The molecule has 2 amide bonds. The average Bonchev–Trinajstić information content (AvgIpc) is 3.01. The van der Waals surface area contributed by atoms with Gasteiger partial charge >= 0.3 is 0 Å². The van der Waals surface area contributed by atoms with E-state index in [1.165, 1.54) is 23.9 Å². The van der Waals surface area contributed by atoms with Crippen LogP contribution in [0.1, 0.15) is 30.1 Å². The molecule has 1 aliphatic heterocycles. The molecule has 1 N–H and O–H groups in total. The summed E-state index contributed by atoms with van der Waals surface area (Å²) in [6.45, 7) is 2.80. The fraction of sp³-hybridized carbons (Fsp3) is 0.217. The van der Waals surface area contributed by atoms with Gasteiger partial charge in [-0.3, -0.25) is 9.59 Å². The van der Waals surface area contributed by atoms with Crippen molar-refractivity contribution in [3.05, 3.63) is 66.0 Å². The molecule has 0 saturated heterocycles. The van der Waals surface area contributed by atoms with Crippen LogP contribution in [0.15, 0.2) is 59.5 Å². The molecule has 4 rings (SSSR count). The summed E-state index contributed by atoms with van der Waals surface area (Å²) in [7, 11) is 0. The van der Waals surface area contributed by atoms with Gasteiger partial charge in [-0.1, -0.05) is 25.5 Å². The predicted molar refractivity (Wildman–Crippen MR) is 116 cm³/mol. The fourth-order valence-corrected chi connectivity index (χ4v) is 4.26. The highest BCUT2D eigenvalue weighted by Crippen LogP contribution is 2.40. The summed E-state index contributed by atoms with van der Waals surface area (Å²) >= 11 is 1.35. The van der Waals surface area contributed by atoms with E-state index in [1.54, 1.807) is 12.1 Å². The van der Waals surface area contributed by atoms with Gasteiger partial charge < -0.3 is 10.2 Å². The Kier molecular flexibility index (Phi) is 5.53. The summed E-state index contributed by atoms with van der Waals surface area (Å²) in [6, 6.07) is 15.5. The molecule has 0 atom stereocenters. The first kappa shape index (κ1) is 19.5. The monoisotopic (exact) mass is 408 g/mol. The maximum absolute atomic E-state index is 13.0. The molecular weight excluding hydrogens is 387 g/mol. The van der Waals surface area contributed by atoms with Crippen molar-refractivity contribution in [2.75, 3.05) is 22.5 Å². The van der Waals surface area contributed by atoms with E-state index in [2.05, 4.69) is 12.2 Å². The Morgan fingerprint density at radius 3 is 2.66 bits per heavy atom. The topological polar surface area (TPSA) is 49.4 Å². The van der Waals surface area contributed by atoms with Crippen LogP contribution >= 0.6 is 11.8 Å². The number of anilines is 2. The highest BCUT2D eigenvalue weighted by molar-refractivity contribution is 8.00. The molecule has 0 saturated carbocycles. The van der Waals surface area contributed by atoms with Crippen LogP contribution in [0.5, 0.6) is 0 Å². The van der Waals surface area contributed by atoms with Crippen molar-refractivity contribution >= 4 is 45.7 Å². The summed E-state index contributed by atoms with van der Waals surface area (Å²) in [5, 5.41) is 4.73. The molecule has 29 heavy (non-hydrogen) atoms. The first-order valence-electron chi connectivity index (χ1n) is 9.64. The van der Waals surface area contributed by atoms with Crippen LogP contribution in [0.3, 0.4) is 0 Å². The number of carbonyl (C=O) groups is 2. The van der Waals surface area contributed by atoms with E-state index in [9.17, 15) is 14.0 Å². The summed E-state index contributed by atoms with van der Waals surface area (Å²) < 4.78 is 13.0. The van der Waals surface area contributed by atoms with Crippen molar-refractivity contribution in [3.63, 3.8) is 0 Å². The molecule has 6 heteroatoms. The van der Waals surface area contributed by atoms with Gasteiger partial charge in [0.15, 0.2) is 0 Å². The van der Waals surface area contributed by atoms with E-state index < -0.39 is 0 Å². The number of nitrogens with zero attached hydrogens (tertiary/aromatic N) is 1. The molecule has 0 unspecified atom stereocenters. The van der Waals surface area contributed by atoms with Crippen molar-refractivity contribution < 1.29 is 14.0 Å². The molecule has 3 aromatic rings. The Labute approximate surface area is 173 Å². The van der Waals surface area contributed by atoms with Gasteiger partial charge in [0.2, 0.25) is 5.91 Å². The summed E-state index contributed by atoms with van der Waals surface area (Å²) in [5.41, 5.74) is 2.29. The third-order valence-electron chi connectivity index (χ3n) is 4.98. The first-order valence-corrected chi connectivity index (χ1v) is 10.6. The normalized spacial score (nSPS) is 12.6. The lowest BCUT2D eigenvalue weighted by atomic mass is 10.0. The van der Waals surface area contributed by atoms with E-state index in [1.807, 2.05) is 35.2 Å². The predicted octanol–water partition coefficient (Wildman–Crippen LogP) is 5.47. The highest BCUT2D eigenvalue weighted by Gasteiger charge is 2.30. The van der Waals surface area contributed by atoms with Crippen molar-refractivity contribution in [2.45, 2.75) is 24.7 Å². The van der Waals surface area contributed by atoms with Crippen molar-refractivity contribution in [1.82, 2.24) is 0 Å². The zero-order valence-electron chi connectivity index (χ0n) is 16.1. The average molecular weight is 408 g/mol. The van der Waals surface area contributed by atoms with Gasteiger partial charge in [0.05, 0.1) is 11.4 Å². The molecule has 1 aliphatic rings. The molecule has 0 radical (unpaired) electrons. The second-order valence-electron chi connectivity index (χ2n) is 6.96. The van der Waals surface area contributed by atoms with Crippen LogP contribution in [-0.4, -0.2) is 24.1 Å². The van der Waals surface area contributed by atoms with Crippen molar-refractivity contribution in [3.8, 4) is 0 Å². The number of nitrogens with one attached hydrogen (secondary N) is 1. The van der Waals surface area contributed by atoms with Gasteiger partial charge in [-0.15, -0.1) is 11.8 Å². The number of thioether (sulfide) groups is 1. The van der Waals surface area contributed by atoms with E-state index in [0.29, 0.717) is 17.8 Å². The Morgan fingerprint density at radius 1 is 1.10 bits per heavy atom. The quantitative estimate of drug-likeness (QED) is 0.528. The lowest BCUT2D eigenvalue weighted by Crippen LogP contribution is -2.27. The van der Waals surface area contributed by atoms with E-state index >= 15 is 0 Å². The number of halogens is 1. The number of unbranched alkanes of at least 4 members (excludes halogenated alkanes) is 1. The molecule has 148 valence electrons. The van der Waals surface area contributed by atoms with Gasteiger partial charge in [0.25, 0.3) is 5.91 Å². The summed E-state index contributed by atoms with van der Waals surface area (Å²) in [4.78, 5) is 27.9. The number of amides is 2. The van der Waals surface area contributed by atoms with Gasteiger partial charge in [-0.05, 0) is 48.9 Å². The zero-order chi connectivity index (χ0) is 20.4. The highest BCUT2D eigenvalue weighted by atomic mass is 32.2. The number of rotatable bonds is 7. The molecule has 0 aromatic heterocycles. The maximum atomic E-state index is 13.0. The van der Waals surface area contributed by atoms with Crippen molar-refractivity contribution in [1.29, 1.82) is 0 Å². The van der Waals surface area contributed by atoms with E-state index in [4.69, 9.17) is 0 Å². The van der Waals surface area contributed by atoms with Crippen LogP contribution in [0, 0.1) is 5.82 Å². The number of benzene rings is 3. The number of hydrogen-bond acceptors (Lipinski definition) is 3. The second-order valence-corrected chi connectivity index (χ2v) is 8.01. The van der Waals surface area contributed by atoms with Gasteiger partial charge in [-0.2, -0.15) is 0 Å². The third-order valence-corrected chi connectivity index (χ3v) is 5.99. The second kappa shape index (κ2) is 8.25. The minimum Gasteiger partial charge on any atom is -0.325 e. The number of hydrogen-bond donors (Lipinski definition) is 1. The lowest BCUT2D eigenvalue weighted by Gasteiger charge is -2.17. The molecule has 0 aliphatic carbocycles. The molecule has 4 nitrogen and oxygen atoms in total. The van der Waals surface area contributed by atoms with Crippen molar-refractivity contribution in [2.24, 2.45) is 0 Å². The maximum Gasteiger partial charge on any atom is 0.258 e. The first-order chi connectivity index (χ1) is 14.1. The smallest absolute Gasteiger partial charge is 0.258 e. The van der Waals surface area contributed by atoms with Crippen LogP contribution in [-0.2, 0) is 4.79 Å². The SMILES string of the molecule is CCCCN1C(=O)c2cccc3c(NC(=O)CSc4ccc(F)cc4)ccc1c23. The standard InChI is InChI=1S/C23H21FN2O2S/c1-2-3-13-26-20-12-11-19(17-5-4-6-18(22(17)20)23(26)28)25-21(27)14-29-16-9-7-15(24)8-10-16/h4-12H,2-3,13-14H2,1H3,(H,25,27). The Hall–Kier alpha value is -2.86. The van der Waals surface area contributed by atoms with Gasteiger partial charge in [0, 0.05) is 33.5 Å². The Bertz CT molecular complexity index is 1080. The van der Waals surface area contributed by atoms with Gasteiger partial charge in [-0.25, -0.2) is 4.39 Å². The third kappa shape index (κ3) is 3.85. The molecule has 0 bridgehead atoms. The molecular formula is C23H21FN2O2S. The van der Waals surface area contributed by atoms with Crippen LogP contribution < -0.4 is 10.2 Å². The summed E-state index contributed by atoms with van der Waals surface area (Å²) in [6.07, 6.45) is 1.96. The Balaban J connectivity index is 1.55. The number of carbonyl (C=O) groups excluding carboxylic acids is 2. The molecule has 3 aromatic carbocycles. The minimum atomic E-state index is -0.297. The van der Waals surface area contributed by atoms with Gasteiger partial charge in [0.1, 0.15) is 5.82 Å². The molecule has 1 heterocycles. The van der Waals surface area contributed by atoms with E-state index in [-0.39, 0.29) is 23.4 Å². The summed E-state index contributed by atoms with van der Waals surface area (Å²) in [5.74, 6) is -0.202. The van der Waals surface area contributed by atoms with E-state index in [0.717, 1.165) is 34.2 Å². The minimum absolute atomic E-state index is 0.0226. The van der Waals surface area contributed by atoms with Crippen LogP contribution in [0.2, 0.25) is 0 Å². The molecule has 0 fully saturated rings. The fourth-order valence-electron chi connectivity index (χ4n) is 3.56. The zero-order valence-corrected chi connectivity index (χ0v) is 16.9. The largest absolute Gasteiger partial charge is 0.325 e. The Morgan fingerprint density at radius 2 is 1.90 bits per heavy atom. The molecule has 0 spiro atoms. The lowest BCUT2D eigenvalue weighted by molar-refractivity contribution is -0.113.